The summed E-state index contributed by atoms with van der Waals surface area (Å²) in [6.07, 6.45) is 1.57. The molecule has 1 saturated heterocycles. The topological polar surface area (TPSA) is 121 Å². The molecular formula is C29H26N4O5. The Hall–Kier alpha value is -4.84. The average molecular weight is 511 g/mol. The summed E-state index contributed by atoms with van der Waals surface area (Å²) in [7, 11) is 1.53. The van der Waals surface area contributed by atoms with Crippen molar-refractivity contribution in [2.75, 3.05) is 13.7 Å². The zero-order valence-electron chi connectivity index (χ0n) is 21.0. The number of methoxy groups -OCH3 is 1. The third-order valence-electron chi connectivity index (χ3n) is 6.60. The second kappa shape index (κ2) is 9.90. The maximum Gasteiger partial charge on any atom is 0.323 e. The number of urea groups is 1. The first-order valence-electron chi connectivity index (χ1n) is 12.2. The molecule has 1 aromatic heterocycles. The Morgan fingerprint density at radius 3 is 2.68 bits per heavy atom. The van der Waals surface area contributed by atoms with Crippen molar-refractivity contribution in [2.45, 2.75) is 31.8 Å². The molecule has 1 unspecified atom stereocenters. The van der Waals surface area contributed by atoms with Gasteiger partial charge in [-0.15, -0.1) is 0 Å². The van der Waals surface area contributed by atoms with Crippen LogP contribution in [0.25, 0.3) is 11.3 Å². The highest BCUT2D eigenvalue weighted by atomic mass is 16.5. The summed E-state index contributed by atoms with van der Waals surface area (Å²) in [5.41, 5.74) is 2.32. The summed E-state index contributed by atoms with van der Waals surface area (Å²) in [5.74, 6) is 5.75. The number of nitrogens with zero attached hydrogens (tertiary/aromatic N) is 2. The number of aryl methyl sites for hydroxylation is 1. The number of nitrogens with one attached hydrogen (secondary N) is 2. The highest BCUT2D eigenvalue weighted by Crippen LogP contribution is 2.29. The molecule has 0 saturated carbocycles. The summed E-state index contributed by atoms with van der Waals surface area (Å²) < 4.78 is 5.24. The van der Waals surface area contributed by atoms with Crippen LogP contribution in [0.15, 0.2) is 54.6 Å². The van der Waals surface area contributed by atoms with Crippen molar-refractivity contribution in [3.63, 3.8) is 0 Å². The molecule has 5 rings (SSSR count). The molecule has 2 aromatic carbocycles. The van der Waals surface area contributed by atoms with E-state index in [4.69, 9.17) is 9.72 Å². The van der Waals surface area contributed by atoms with Gasteiger partial charge in [-0.3, -0.25) is 14.9 Å². The number of phenolic OH excluding ortho intramolecular Hbond substituents is 1. The van der Waals surface area contributed by atoms with E-state index in [1.165, 1.54) is 12.0 Å². The fraction of sp³-hybridized carbons (Fsp3) is 0.241. The molecule has 4 amide bonds. The van der Waals surface area contributed by atoms with Gasteiger partial charge in [-0.25, -0.2) is 9.78 Å². The van der Waals surface area contributed by atoms with E-state index < -0.39 is 17.5 Å². The summed E-state index contributed by atoms with van der Waals surface area (Å²) in [6.45, 7) is 2.18. The number of pyridine rings is 1. The van der Waals surface area contributed by atoms with Gasteiger partial charge in [0.15, 0.2) is 0 Å². The van der Waals surface area contributed by atoms with E-state index in [2.05, 4.69) is 22.5 Å². The summed E-state index contributed by atoms with van der Waals surface area (Å²) in [6, 6.07) is 15.1. The van der Waals surface area contributed by atoms with Gasteiger partial charge in [-0.05, 0) is 53.8 Å². The van der Waals surface area contributed by atoms with Crippen molar-refractivity contribution in [1.82, 2.24) is 20.5 Å². The Bertz CT molecular complexity index is 1520. The SMILES string of the molecule is CCCc1ccc(-c2cccc(O)c2)nc1C#CC1(CN2Cc3ccc(OC)cc3C2=O)NC(=O)NC1=O. The molecule has 3 aromatic rings. The molecule has 38 heavy (non-hydrogen) atoms. The predicted octanol–water partition coefficient (Wildman–Crippen LogP) is 3.00. The maximum atomic E-state index is 13.2. The van der Waals surface area contributed by atoms with Crippen molar-refractivity contribution < 1.29 is 24.2 Å². The highest BCUT2D eigenvalue weighted by molar-refractivity contribution is 6.10. The van der Waals surface area contributed by atoms with Crippen LogP contribution in [0.2, 0.25) is 0 Å². The van der Waals surface area contributed by atoms with Gasteiger partial charge in [0.2, 0.25) is 5.54 Å². The van der Waals surface area contributed by atoms with Crippen LogP contribution in [0, 0.1) is 11.8 Å². The van der Waals surface area contributed by atoms with Crippen LogP contribution in [-0.2, 0) is 17.8 Å². The number of carbonyl (C=O) groups is 3. The summed E-state index contributed by atoms with van der Waals surface area (Å²) in [4.78, 5) is 44.6. The molecule has 0 radical (unpaired) electrons. The largest absolute Gasteiger partial charge is 0.508 e. The molecule has 9 nitrogen and oxygen atoms in total. The lowest BCUT2D eigenvalue weighted by atomic mass is 9.98. The number of aromatic nitrogens is 1. The van der Waals surface area contributed by atoms with Crippen molar-refractivity contribution in [2.24, 2.45) is 0 Å². The van der Waals surface area contributed by atoms with Gasteiger partial charge in [-0.1, -0.05) is 43.5 Å². The number of ether oxygens (including phenoxy) is 1. The number of amides is 4. The molecular weight excluding hydrogens is 484 g/mol. The van der Waals surface area contributed by atoms with E-state index in [-0.39, 0.29) is 24.7 Å². The van der Waals surface area contributed by atoms with Crippen molar-refractivity contribution >= 4 is 17.8 Å². The van der Waals surface area contributed by atoms with E-state index >= 15 is 0 Å². The Labute approximate surface area is 219 Å². The molecule has 0 spiro atoms. The number of rotatable bonds is 6. The number of carbonyl (C=O) groups excluding carboxylic acids is 3. The van der Waals surface area contributed by atoms with E-state index in [0.29, 0.717) is 34.7 Å². The van der Waals surface area contributed by atoms with Crippen molar-refractivity contribution in [1.29, 1.82) is 0 Å². The first-order valence-corrected chi connectivity index (χ1v) is 12.2. The third-order valence-corrected chi connectivity index (χ3v) is 6.60. The van der Waals surface area contributed by atoms with Crippen LogP contribution < -0.4 is 15.4 Å². The zero-order valence-corrected chi connectivity index (χ0v) is 21.0. The number of phenols is 1. The van der Waals surface area contributed by atoms with E-state index in [1.807, 2.05) is 31.2 Å². The monoisotopic (exact) mass is 510 g/mol. The first kappa shape index (κ1) is 24.8. The predicted molar refractivity (Wildman–Crippen MR) is 139 cm³/mol. The molecule has 0 bridgehead atoms. The molecule has 3 N–H and O–H groups in total. The molecule has 9 heteroatoms. The Morgan fingerprint density at radius 1 is 1.13 bits per heavy atom. The first-order chi connectivity index (χ1) is 18.3. The molecule has 3 heterocycles. The number of imide groups is 1. The smallest absolute Gasteiger partial charge is 0.323 e. The van der Waals surface area contributed by atoms with Crippen LogP contribution >= 0.6 is 0 Å². The molecule has 1 fully saturated rings. The summed E-state index contributed by atoms with van der Waals surface area (Å²) >= 11 is 0. The number of benzene rings is 2. The van der Waals surface area contributed by atoms with Crippen LogP contribution in [0.4, 0.5) is 4.79 Å². The fourth-order valence-electron chi connectivity index (χ4n) is 4.67. The Kier molecular flexibility index (Phi) is 6.47. The minimum absolute atomic E-state index is 0.118. The van der Waals surface area contributed by atoms with E-state index in [9.17, 15) is 19.5 Å². The molecule has 2 aliphatic heterocycles. The highest BCUT2D eigenvalue weighted by Gasteiger charge is 2.48. The zero-order chi connectivity index (χ0) is 26.9. The summed E-state index contributed by atoms with van der Waals surface area (Å²) in [5, 5.41) is 14.8. The number of hydrogen-bond acceptors (Lipinski definition) is 6. The van der Waals surface area contributed by atoms with Crippen LogP contribution in [0.5, 0.6) is 11.5 Å². The van der Waals surface area contributed by atoms with Crippen LogP contribution in [0.1, 0.15) is 40.5 Å². The molecule has 0 aliphatic carbocycles. The molecule has 192 valence electrons. The quantitative estimate of drug-likeness (QED) is 0.346. The standard InChI is InChI=1S/C29H26N4O5/c1-3-5-18-9-11-24(19-6-4-7-21(34)14-19)30-25(18)12-13-29(27(36)31-28(37)32-29)17-33-16-20-8-10-22(38-2)15-23(20)26(33)35/h4,6-11,14-15,34H,3,5,16-17H2,1-2H3,(H2,31,32,36,37). The lowest BCUT2D eigenvalue weighted by Crippen LogP contribution is -2.54. The van der Waals surface area contributed by atoms with Crippen LogP contribution in [-0.4, -0.2) is 52.0 Å². The second-order valence-electron chi connectivity index (χ2n) is 9.25. The number of fused-ring (bicyclic) bond motifs is 1. The maximum absolute atomic E-state index is 13.2. The minimum atomic E-state index is -1.65. The van der Waals surface area contributed by atoms with E-state index in [1.54, 1.807) is 30.3 Å². The van der Waals surface area contributed by atoms with Gasteiger partial charge in [-0.2, -0.15) is 0 Å². The Balaban J connectivity index is 1.51. The number of aromatic hydroxyl groups is 1. The lowest BCUT2D eigenvalue weighted by Gasteiger charge is -2.26. The molecule has 2 aliphatic rings. The van der Waals surface area contributed by atoms with Gasteiger partial charge in [0, 0.05) is 17.7 Å². The van der Waals surface area contributed by atoms with Crippen molar-refractivity contribution in [3.05, 3.63) is 77.0 Å². The van der Waals surface area contributed by atoms with Gasteiger partial charge in [0.25, 0.3) is 11.8 Å². The fourth-order valence-corrected chi connectivity index (χ4v) is 4.67. The normalized spacial score (nSPS) is 17.9. The van der Waals surface area contributed by atoms with Gasteiger partial charge in [0.1, 0.15) is 17.2 Å². The van der Waals surface area contributed by atoms with Gasteiger partial charge in [0.05, 0.1) is 19.3 Å². The van der Waals surface area contributed by atoms with Crippen LogP contribution in [0.3, 0.4) is 0 Å². The van der Waals surface area contributed by atoms with Gasteiger partial charge < -0.3 is 20.1 Å². The second-order valence-corrected chi connectivity index (χ2v) is 9.25. The lowest BCUT2D eigenvalue weighted by molar-refractivity contribution is -0.122. The van der Waals surface area contributed by atoms with E-state index in [0.717, 1.165) is 17.5 Å². The van der Waals surface area contributed by atoms with Gasteiger partial charge >= 0.3 is 6.03 Å². The molecule has 1 atom stereocenters. The minimum Gasteiger partial charge on any atom is -0.508 e. The Morgan fingerprint density at radius 2 is 1.97 bits per heavy atom. The average Bonchev–Trinajstić information content (AvgIpc) is 3.37. The third kappa shape index (κ3) is 4.64. The number of hydrogen-bond donors (Lipinski definition) is 3. The van der Waals surface area contributed by atoms with Crippen molar-refractivity contribution in [3.8, 4) is 34.6 Å².